The number of sulfonamides is 1. The van der Waals surface area contributed by atoms with E-state index in [2.05, 4.69) is 4.72 Å². The molecular weight excluding hydrogens is 262 g/mol. The van der Waals surface area contributed by atoms with Gasteiger partial charge in [0.2, 0.25) is 10.0 Å². The molecule has 4 nitrogen and oxygen atoms in total. The summed E-state index contributed by atoms with van der Waals surface area (Å²) in [5, 5.41) is 9.70. The highest BCUT2D eigenvalue weighted by Crippen LogP contribution is 2.25. The Hall–Kier alpha value is -0.910. The molecule has 2 rings (SSSR count). The van der Waals surface area contributed by atoms with Crippen LogP contribution in [0.3, 0.4) is 0 Å². The normalized spacial score (nSPS) is 23.7. The molecule has 0 bridgehead atoms. The maximum Gasteiger partial charge on any atom is 0.240 e. The van der Waals surface area contributed by atoms with Gasteiger partial charge < -0.3 is 5.11 Å². The zero-order valence-electron chi connectivity index (χ0n) is 11.2. The van der Waals surface area contributed by atoms with Crippen LogP contribution >= 0.6 is 0 Å². The van der Waals surface area contributed by atoms with Gasteiger partial charge in [0, 0.05) is 6.54 Å². The minimum absolute atomic E-state index is 0.0455. The molecule has 2 N–H and O–H groups in total. The second kappa shape index (κ2) is 6.03. The summed E-state index contributed by atoms with van der Waals surface area (Å²) in [5.41, 5.74) is 1.00. The van der Waals surface area contributed by atoms with Gasteiger partial charge in [0.15, 0.2) is 0 Å². The Morgan fingerprint density at radius 1 is 1.37 bits per heavy atom. The van der Waals surface area contributed by atoms with Crippen molar-refractivity contribution in [2.45, 2.75) is 43.6 Å². The van der Waals surface area contributed by atoms with Gasteiger partial charge in [-0.2, -0.15) is 0 Å². The third kappa shape index (κ3) is 3.55. The molecule has 19 heavy (non-hydrogen) atoms. The summed E-state index contributed by atoms with van der Waals surface area (Å²) in [6, 6.07) is 6.98. The molecule has 1 fully saturated rings. The van der Waals surface area contributed by atoms with Crippen molar-refractivity contribution in [3.63, 3.8) is 0 Å². The lowest BCUT2D eigenvalue weighted by atomic mass is 10.1. The lowest BCUT2D eigenvalue weighted by Crippen LogP contribution is -2.32. The van der Waals surface area contributed by atoms with Gasteiger partial charge in [0.1, 0.15) is 0 Å². The van der Waals surface area contributed by atoms with Gasteiger partial charge in [-0.3, -0.25) is 0 Å². The van der Waals surface area contributed by atoms with Crippen LogP contribution in [0.15, 0.2) is 29.2 Å². The summed E-state index contributed by atoms with van der Waals surface area (Å²) >= 11 is 0. The number of hydrogen-bond acceptors (Lipinski definition) is 3. The summed E-state index contributed by atoms with van der Waals surface area (Å²) in [6.45, 7) is 2.31. The van der Waals surface area contributed by atoms with E-state index in [4.69, 9.17) is 0 Å². The third-order valence-electron chi connectivity index (χ3n) is 3.77. The summed E-state index contributed by atoms with van der Waals surface area (Å²) in [4.78, 5) is 0.305. The summed E-state index contributed by atoms with van der Waals surface area (Å²) in [7, 11) is -3.46. The molecule has 2 atom stereocenters. The van der Waals surface area contributed by atoms with Crippen molar-refractivity contribution < 1.29 is 13.5 Å². The molecule has 1 saturated carbocycles. The highest BCUT2D eigenvalue weighted by molar-refractivity contribution is 7.89. The molecule has 1 aliphatic rings. The Bertz CT molecular complexity index is 527. The Morgan fingerprint density at radius 2 is 2.16 bits per heavy atom. The van der Waals surface area contributed by atoms with Crippen LogP contribution in [0.2, 0.25) is 0 Å². The topological polar surface area (TPSA) is 66.4 Å². The quantitative estimate of drug-likeness (QED) is 0.864. The van der Waals surface area contributed by atoms with E-state index in [0.29, 0.717) is 11.4 Å². The van der Waals surface area contributed by atoms with E-state index in [1.165, 1.54) is 0 Å². The molecule has 0 heterocycles. The highest BCUT2D eigenvalue weighted by Gasteiger charge is 2.26. The van der Waals surface area contributed by atoms with Gasteiger partial charge in [-0.1, -0.05) is 25.5 Å². The van der Waals surface area contributed by atoms with E-state index < -0.39 is 10.0 Å². The number of nitrogens with one attached hydrogen (secondary N) is 1. The first-order chi connectivity index (χ1) is 9.03. The maximum atomic E-state index is 12.2. The first kappa shape index (κ1) is 14.5. The molecule has 1 aromatic rings. The van der Waals surface area contributed by atoms with Crippen molar-refractivity contribution in [2.75, 3.05) is 6.54 Å². The van der Waals surface area contributed by atoms with Crippen LogP contribution in [0.5, 0.6) is 0 Å². The Kier molecular flexibility index (Phi) is 4.60. The highest BCUT2D eigenvalue weighted by atomic mass is 32.2. The first-order valence-electron chi connectivity index (χ1n) is 6.79. The number of rotatable bonds is 5. The number of aliphatic hydroxyl groups excluding tert-OH is 1. The van der Waals surface area contributed by atoms with Crippen LogP contribution in [-0.4, -0.2) is 26.2 Å². The van der Waals surface area contributed by atoms with E-state index >= 15 is 0 Å². The largest absolute Gasteiger partial charge is 0.393 e. The summed E-state index contributed by atoms with van der Waals surface area (Å²) in [6.07, 6.45) is 3.07. The van der Waals surface area contributed by atoms with Gasteiger partial charge in [0.05, 0.1) is 11.0 Å². The molecule has 1 aliphatic carbocycles. The molecule has 5 heteroatoms. The van der Waals surface area contributed by atoms with Gasteiger partial charge in [-0.25, -0.2) is 13.1 Å². The van der Waals surface area contributed by atoms with E-state index in [9.17, 15) is 13.5 Å². The minimum Gasteiger partial charge on any atom is -0.393 e. The Balaban J connectivity index is 2.05. The molecule has 0 aromatic heterocycles. The molecule has 0 saturated heterocycles. The Labute approximate surface area is 114 Å². The third-order valence-corrected chi connectivity index (χ3v) is 5.19. The van der Waals surface area contributed by atoms with E-state index in [-0.39, 0.29) is 12.0 Å². The van der Waals surface area contributed by atoms with Crippen LogP contribution in [0, 0.1) is 5.92 Å². The van der Waals surface area contributed by atoms with Crippen LogP contribution in [0.25, 0.3) is 0 Å². The fourth-order valence-electron chi connectivity index (χ4n) is 2.49. The van der Waals surface area contributed by atoms with Crippen LogP contribution in [-0.2, 0) is 16.4 Å². The summed E-state index contributed by atoms with van der Waals surface area (Å²) in [5.74, 6) is 0.0455. The van der Waals surface area contributed by atoms with Gasteiger partial charge >= 0.3 is 0 Å². The smallest absolute Gasteiger partial charge is 0.240 e. The van der Waals surface area contributed by atoms with Crippen molar-refractivity contribution in [3.05, 3.63) is 29.8 Å². The molecule has 0 radical (unpaired) electrons. The van der Waals surface area contributed by atoms with Gasteiger partial charge in [0.25, 0.3) is 0 Å². The van der Waals surface area contributed by atoms with Crippen molar-refractivity contribution in [2.24, 2.45) is 5.92 Å². The monoisotopic (exact) mass is 283 g/mol. The fraction of sp³-hybridized carbons (Fsp3) is 0.571. The Morgan fingerprint density at radius 3 is 2.79 bits per heavy atom. The van der Waals surface area contributed by atoms with Crippen molar-refractivity contribution in [3.8, 4) is 0 Å². The lowest BCUT2D eigenvalue weighted by Gasteiger charge is -2.15. The number of benzene rings is 1. The number of hydrogen-bond donors (Lipinski definition) is 2. The van der Waals surface area contributed by atoms with Gasteiger partial charge in [-0.05, 0) is 42.9 Å². The second-order valence-corrected chi connectivity index (χ2v) is 6.88. The SMILES string of the molecule is CCc1cccc(S(=O)(=O)NC[C@@H]2CCC[C@@H]2O)c1. The van der Waals surface area contributed by atoms with Crippen molar-refractivity contribution in [1.82, 2.24) is 4.72 Å². The van der Waals surface area contributed by atoms with E-state index in [0.717, 1.165) is 31.2 Å². The maximum absolute atomic E-state index is 12.2. The zero-order valence-corrected chi connectivity index (χ0v) is 12.0. The molecular formula is C14H21NO3S. The molecule has 106 valence electrons. The molecule has 0 amide bonds. The predicted molar refractivity (Wildman–Crippen MR) is 74.4 cm³/mol. The van der Waals surface area contributed by atoms with Crippen molar-refractivity contribution >= 4 is 10.0 Å². The predicted octanol–water partition coefficient (Wildman–Crippen LogP) is 1.69. The number of aryl methyl sites for hydroxylation is 1. The van der Waals surface area contributed by atoms with Crippen LogP contribution in [0.1, 0.15) is 31.7 Å². The molecule has 0 aliphatic heterocycles. The average Bonchev–Trinajstić information content (AvgIpc) is 2.82. The van der Waals surface area contributed by atoms with Crippen LogP contribution < -0.4 is 4.72 Å². The summed E-state index contributed by atoms with van der Waals surface area (Å²) < 4.78 is 27.0. The zero-order chi connectivity index (χ0) is 13.9. The lowest BCUT2D eigenvalue weighted by molar-refractivity contribution is 0.134. The second-order valence-electron chi connectivity index (χ2n) is 5.11. The molecule has 1 aromatic carbocycles. The molecule has 0 spiro atoms. The number of aliphatic hydroxyl groups is 1. The average molecular weight is 283 g/mol. The first-order valence-corrected chi connectivity index (χ1v) is 8.28. The van der Waals surface area contributed by atoms with Crippen molar-refractivity contribution in [1.29, 1.82) is 0 Å². The fourth-order valence-corrected chi connectivity index (χ4v) is 3.65. The van der Waals surface area contributed by atoms with Crippen LogP contribution in [0.4, 0.5) is 0 Å². The minimum atomic E-state index is -3.46. The standard InChI is InChI=1S/C14H21NO3S/c1-2-11-5-3-7-13(9-11)19(17,18)15-10-12-6-4-8-14(12)16/h3,5,7,9,12,14-16H,2,4,6,8,10H2,1H3/t12-,14-/m0/s1. The van der Waals surface area contributed by atoms with Gasteiger partial charge in [-0.15, -0.1) is 0 Å². The van der Waals surface area contributed by atoms with E-state index in [1.54, 1.807) is 18.2 Å². The van der Waals surface area contributed by atoms with E-state index in [1.807, 2.05) is 13.0 Å². The molecule has 0 unspecified atom stereocenters.